The van der Waals surface area contributed by atoms with Crippen LogP contribution in [0.4, 0.5) is 0 Å². The Kier molecular flexibility index (Phi) is 28.2. The van der Waals surface area contributed by atoms with E-state index in [1.807, 2.05) is 0 Å². The summed E-state index contributed by atoms with van der Waals surface area (Å²) in [5.74, 6) is 9.49. The fourth-order valence-electron chi connectivity index (χ4n) is 14.1. The molecular weight excluding hydrogens is 865 g/mol. The largest absolute Gasteiger partial charge is 0.0776 e. The zero-order valence-electron chi connectivity index (χ0n) is 55.6. The lowest BCUT2D eigenvalue weighted by molar-refractivity contribution is 0.0830. The highest BCUT2D eigenvalue weighted by Crippen LogP contribution is 2.50. The van der Waals surface area contributed by atoms with Crippen molar-refractivity contribution in [2.24, 2.45) is 113 Å². The van der Waals surface area contributed by atoms with Gasteiger partial charge in [0.25, 0.3) is 0 Å². The molecule has 0 aliphatic heterocycles. The summed E-state index contributed by atoms with van der Waals surface area (Å²) in [5.41, 5.74) is 5.21. The quantitative estimate of drug-likeness (QED) is 0.212. The van der Waals surface area contributed by atoms with E-state index >= 15 is 0 Å². The first kappa shape index (κ1) is 72.0. The van der Waals surface area contributed by atoms with Crippen LogP contribution in [0.15, 0.2) is 0 Å². The molecule has 5 rings (SSSR count). The SMILES string of the molecule is C.CC(C)(C)C1CCC(C(C)(C)C)C1.CC(C)(C)C1CCC(C(C)(C)C)CC1.CC(C)(C)C1CCCC(C(C)(C)C)C1.CC(C)(C)C1CCCC(C(C)(C)C)CC1.CC(C)(C)C1CCCCC(C(C)(C)C)C1. The summed E-state index contributed by atoms with van der Waals surface area (Å²) in [6.07, 6.45) is 30.5. The van der Waals surface area contributed by atoms with Crippen molar-refractivity contribution < 1.29 is 0 Å². The maximum Gasteiger partial charge on any atom is -0.0354 e. The van der Waals surface area contributed by atoms with Gasteiger partial charge >= 0.3 is 0 Å². The lowest BCUT2D eigenvalue weighted by Gasteiger charge is -2.42. The van der Waals surface area contributed by atoms with Crippen molar-refractivity contribution >= 4 is 0 Å². The average Bonchev–Trinajstić information content (AvgIpc) is 3.37. The van der Waals surface area contributed by atoms with Gasteiger partial charge in [-0.3, -0.25) is 0 Å². The summed E-state index contributed by atoms with van der Waals surface area (Å²) in [6, 6.07) is 0. The minimum absolute atomic E-state index is 0. The third kappa shape index (κ3) is 27.0. The highest BCUT2D eigenvalue weighted by atomic mass is 14.4. The molecule has 5 fully saturated rings. The first-order valence-corrected chi connectivity index (χ1v) is 31.6. The molecule has 0 aromatic carbocycles. The van der Waals surface area contributed by atoms with E-state index in [4.69, 9.17) is 0 Å². The number of hydrogen-bond donors (Lipinski definition) is 0. The van der Waals surface area contributed by atoms with Crippen molar-refractivity contribution in [1.82, 2.24) is 0 Å². The third-order valence-corrected chi connectivity index (χ3v) is 21.0. The van der Waals surface area contributed by atoms with Crippen molar-refractivity contribution in [3.05, 3.63) is 0 Å². The lowest BCUT2D eigenvalue weighted by atomic mass is 9.63. The van der Waals surface area contributed by atoms with Crippen molar-refractivity contribution in [3.8, 4) is 0 Å². The summed E-state index contributed by atoms with van der Waals surface area (Å²) in [5, 5.41) is 0. The van der Waals surface area contributed by atoms with Crippen LogP contribution < -0.4 is 0 Å². The van der Waals surface area contributed by atoms with E-state index in [-0.39, 0.29) is 7.43 Å². The van der Waals surface area contributed by atoms with Gasteiger partial charge in [0.15, 0.2) is 0 Å². The second-order valence-electron chi connectivity index (χ2n) is 36.8. The highest BCUT2D eigenvalue weighted by Gasteiger charge is 2.39. The first-order chi connectivity index (χ1) is 31.6. The lowest BCUT2D eigenvalue weighted by Crippen LogP contribution is -2.32. The molecule has 8 unspecified atom stereocenters. The Morgan fingerprint density at radius 2 is 0.264 bits per heavy atom. The molecule has 5 saturated carbocycles. The van der Waals surface area contributed by atoms with Crippen LogP contribution in [0.25, 0.3) is 0 Å². The minimum Gasteiger partial charge on any atom is -0.0776 e. The normalized spacial score (nSPS) is 29.9. The second kappa shape index (κ2) is 28.2. The molecule has 5 aliphatic carbocycles. The Morgan fingerprint density at radius 3 is 0.417 bits per heavy atom. The monoisotopic (exact) mass is 1010 g/mol. The van der Waals surface area contributed by atoms with E-state index in [0.717, 1.165) is 59.2 Å². The van der Waals surface area contributed by atoms with Gasteiger partial charge in [0, 0.05) is 0 Å². The predicted octanol–water partition coefficient (Wildman–Crippen LogP) is 25.5. The Balaban J connectivity index is 0.000000873. The molecule has 0 N–H and O–H groups in total. The van der Waals surface area contributed by atoms with Gasteiger partial charge in [-0.25, -0.2) is 0 Å². The summed E-state index contributed by atoms with van der Waals surface area (Å²) >= 11 is 0. The fourth-order valence-corrected chi connectivity index (χ4v) is 14.1. The van der Waals surface area contributed by atoms with Crippen LogP contribution >= 0.6 is 0 Å². The van der Waals surface area contributed by atoms with Crippen molar-refractivity contribution in [2.45, 2.75) is 350 Å². The third-order valence-electron chi connectivity index (χ3n) is 21.0. The smallest absolute Gasteiger partial charge is 0.0354 e. The predicted molar refractivity (Wildman–Crippen MR) is 333 cm³/mol. The van der Waals surface area contributed by atoms with Crippen LogP contribution in [0.2, 0.25) is 0 Å². The molecule has 0 aromatic heterocycles. The molecule has 5 aliphatic rings. The highest BCUT2D eigenvalue weighted by molar-refractivity contribution is 4.90. The van der Waals surface area contributed by atoms with Crippen LogP contribution in [-0.4, -0.2) is 0 Å². The molecule has 0 nitrogen and oxygen atoms in total. The van der Waals surface area contributed by atoms with Gasteiger partial charge < -0.3 is 0 Å². The van der Waals surface area contributed by atoms with Crippen molar-refractivity contribution in [3.63, 3.8) is 0 Å². The molecule has 0 aromatic rings. The first-order valence-electron chi connectivity index (χ1n) is 31.6. The summed E-state index contributed by atoms with van der Waals surface area (Å²) in [7, 11) is 0. The van der Waals surface area contributed by atoms with Crippen LogP contribution in [0.1, 0.15) is 350 Å². The molecule has 0 heterocycles. The van der Waals surface area contributed by atoms with Gasteiger partial charge in [-0.2, -0.15) is 0 Å². The van der Waals surface area contributed by atoms with Crippen molar-refractivity contribution in [1.29, 1.82) is 0 Å². The van der Waals surface area contributed by atoms with E-state index in [1.54, 1.807) is 0 Å². The van der Waals surface area contributed by atoms with E-state index < -0.39 is 0 Å². The maximum atomic E-state index is 2.42. The zero-order chi connectivity index (χ0) is 55.6. The van der Waals surface area contributed by atoms with E-state index in [0.29, 0.717) is 54.1 Å². The Morgan fingerprint density at radius 1 is 0.153 bits per heavy atom. The van der Waals surface area contributed by atoms with Gasteiger partial charge in [0.1, 0.15) is 0 Å². The van der Waals surface area contributed by atoms with Gasteiger partial charge in [0.2, 0.25) is 0 Å². The van der Waals surface area contributed by atoms with Crippen LogP contribution in [-0.2, 0) is 0 Å². The molecule has 0 saturated heterocycles. The van der Waals surface area contributed by atoms with E-state index in [1.165, 1.54) is 135 Å². The fraction of sp³-hybridized carbons (Fsp3) is 1.00. The van der Waals surface area contributed by atoms with E-state index in [2.05, 4.69) is 208 Å². The summed E-state index contributed by atoms with van der Waals surface area (Å²) in [6.45, 7) is 72.2. The summed E-state index contributed by atoms with van der Waals surface area (Å²) in [4.78, 5) is 0. The van der Waals surface area contributed by atoms with E-state index in [9.17, 15) is 0 Å². The molecule has 0 bridgehead atoms. The topological polar surface area (TPSA) is 0 Å². The minimum atomic E-state index is 0. The van der Waals surface area contributed by atoms with Gasteiger partial charge in [0.05, 0.1) is 0 Å². The molecule has 0 radical (unpaired) electrons. The second-order valence-corrected chi connectivity index (χ2v) is 36.8. The molecule has 0 spiro atoms. The van der Waals surface area contributed by atoms with Crippen LogP contribution in [0, 0.1) is 113 Å². The van der Waals surface area contributed by atoms with Gasteiger partial charge in [-0.05, 0) is 222 Å². The molecule has 72 heavy (non-hydrogen) atoms. The molecule has 0 heteroatoms. The maximum absolute atomic E-state index is 2.42. The standard InChI is InChI=1S/2C15H30.2C14H28.C13H26.CH4/c1-14(2,3)12-8-7-9-13(11-10-12)15(4,5)6;1-14(2,3)12-9-7-8-10-13(11-12)15(4,5)6;1-13(2,3)11-7-9-12(10-8-11)14(4,5)6;1-13(2,3)11-8-7-9-12(10-11)14(4,5)6;1-12(2,3)10-7-8-11(9-10)13(4,5)6;/h2*12-13H,7-11H2,1-6H3;2*11-12H,7-10H2,1-6H3;10-11H,7-9H2,1-6H3;1H4. The van der Waals surface area contributed by atoms with Crippen LogP contribution in [0.5, 0.6) is 0 Å². The number of rotatable bonds is 0. The van der Waals surface area contributed by atoms with Gasteiger partial charge in [-0.1, -0.05) is 241 Å². The Labute approximate surface area is 461 Å². The van der Waals surface area contributed by atoms with Crippen molar-refractivity contribution in [2.75, 3.05) is 0 Å². The number of hydrogen-bond acceptors (Lipinski definition) is 0. The Bertz CT molecular complexity index is 1300. The van der Waals surface area contributed by atoms with Crippen LogP contribution in [0.3, 0.4) is 0 Å². The average molecular weight is 1010 g/mol. The summed E-state index contributed by atoms with van der Waals surface area (Å²) < 4.78 is 0. The Hall–Kier alpha value is 0. The molecule has 0 amide bonds. The molecule has 8 atom stereocenters. The van der Waals surface area contributed by atoms with Gasteiger partial charge in [-0.15, -0.1) is 0 Å². The zero-order valence-corrected chi connectivity index (χ0v) is 55.6. The molecular formula is C72H146. The molecule has 434 valence electrons.